The lowest BCUT2D eigenvalue weighted by Gasteiger charge is -2.16. The van der Waals surface area contributed by atoms with E-state index in [9.17, 15) is 4.79 Å². The van der Waals surface area contributed by atoms with Crippen molar-refractivity contribution in [3.05, 3.63) is 54.9 Å². The maximum Gasteiger partial charge on any atom is 0.238 e. The van der Waals surface area contributed by atoms with Crippen LogP contribution in [0.5, 0.6) is 0 Å². The Labute approximate surface area is 133 Å². The predicted octanol–water partition coefficient (Wildman–Crippen LogP) is 2.58. The van der Waals surface area contributed by atoms with Crippen molar-refractivity contribution in [1.82, 2.24) is 20.1 Å². The summed E-state index contributed by atoms with van der Waals surface area (Å²) in [6.45, 7) is 4.36. The molecule has 1 amide bonds. The normalized spacial score (nSPS) is 15.3. The number of allylic oxidation sites excluding steroid dienone is 1. The standard InChI is InChI=1S/C16H18N4OS/c1-2-10-20-11-17-19-16(20)22-14(12-6-4-3-5-7-12)15(21)18-13-8-9-13/h2-7,11,13-14H,1,8-10H2,(H,18,21)/t14-/m1/s1. The fourth-order valence-corrected chi connectivity index (χ4v) is 3.14. The molecule has 3 rings (SSSR count). The zero-order valence-electron chi connectivity index (χ0n) is 12.2. The van der Waals surface area contributed by atoms with Crippen molar-refractivity contribution in [2.24, 2.45) is 0 Å². The predicted molar refractivity (Wildman–Crippen MR) is 86.4 cm³/mol. The van der Waals surface area contributed by atoms with Gasteiger partial charge < -0.3 is 9.88 Å². The topological polar surface area (TPSA) is 59.8 Å². The highest BCUT2D eigenvalue weighted by atomic mass is 32.2. The number of carbonyl (C=O) groups is 1. The van der Waals surface area contributed by atoms with Crippen molar-refractivity contribution >= 4 is 17.7 Å². The Morgan fingerprint density at radius 2 is 2.23 bits per heavy atom. The van der Waals surface area contributed by atoms with Crippen LogP contribution in [0.2, 0.25) is 0 Å². The van der Waals surface area contributed by atoms with Crippen LogP contribution in [0.25, 0.3) is 0 Å². The van der Waals surface area contributed by atoms with Gasteiger partial charge in [-0.05, 0) is 18.4 Å². The molecule has 0 bridgehead atoms. The van der Waals surface area contributed by atoms with Gasteiger partial charge in [0.2, 0.25) is 5.91 Å². The van der Waals surface area contributed by atoms with E-state index >= 15 is 0 Å². The van der Waals surface area contributed by atoms with E-state index in [2.05, 4.69) is 22.1 Å². The van der Waals surface area contributed by atoms with Gasteiger partial charge in [-0.15, -0.1) is 16.8 Å². The van der Waals surface area contributed by atoms with Gasteiger partial charge in [0, 0.05) is 12.6 Å². The summed E-state index contributed by atoms with van der Waals surface area (Å²) < 4.78 is 1.89. The first-order valence-corrected chi connectivity index (χ1v) is 8.16. The molecule has 0 unspecified atom stereocenters. The summed E-state index contributed by atoms with van der Waals surface area (Å²) in [5, 5.41) is 11.5. The quantitative estimate of drug-likeness (QED) is 0.630. The highest BCUT2D eigenvalue weighted by molar-refractivity contribution is 8.00. The van der Waals surface area contributed by atoms with Gasteiger partial charge in [-0.3, -0.25) is 4.79 Å². The third kappa shape index (κ3) is 3.57. The highest BCUT2D eigenvalue weighted by Crippen LogP contribution is 2.35. The van der Waals surface area contributed by atoms with E-state index in [-0.39, 0.29) is 11.2 Å². The van der Waals surface area contributed by atoms with Gasteiger partial charge >= 0.3 is 0 Å². The minimum absolute atomic E-state index is 0.0341. The van der Waals surface area contributed by atoms with Crippen LogP contribution in [0, 0.1) is 0 Å². The average molecular weight is 314 g/mol. The van der Waals surface area contributed by atoms with Crippen molar-refractivity contribution < 1.29 is 4.79 Å². The van der Waals surface area contributed by atoms with Crippen LogP contribution < -0.4 is 5.32 Å². The molecule has 0 spiro atoms. The first-order valence-electron chi connectivity index (χ1n) is 7.28. The molecule has 0 radical (unpaired) electrons. The first-order chi connectivity index (χ1) is 10.8. The van der Waals surface area contributed by atoms with Gasteiger partial charge in [0.15, 0.2) is 5.16 Å². The second-order valence-corrected chi connectivity index (χ2v) is 6.32. The number of hydrogen-bond donors (Lipinski definition) is 1. The summed E-state index contributed by atoms with van der Waals surface area (Å²) in [7, 11) is 0. The second-order valence-electron chi connectivity index (χ2n) is 5.25. The summed E-state index contributed by atoms with van der Waals surface area (Å²) in [6, 6.07) is 10.1. The molecule has 1 N–H and O–H groups in total. The molecule has 1 aromatic carbocycles. The zero-order chi connectivity index (χ0) is 15.4. The van der Waals surface area contributed by atoms with Gasteiger partial charge in [0.25, 0.3) is 0 Å². The summed E-state index contributed by atoms with van der Waals surface area (Å²) in [5.41, 5.74) is 0.971. The van der Waals surface area contributed by atoms with Crippen molar-refractivity contribution in [1.29, 1.82) is 0 Å². The van der Waals surface area contributed by atoms with E-state index in [1.165, 1.54) is 11.8 Å². The zero-order valence-corrected chi connectivity index (χ0v) is 13.0. The number of hydrogen-bond acceptors (Lipinski definition) is 4. The third-order valence-corrected chi connectivity index (χ3v) is 4.64. The van der Waals surface area contributed by atoms with E-state index in [0.717, 1.165) is 23.6 Å². The number of thioether (sulfide) groups is 1. The number of aromatic nitrogens is 3. The van der Waals surface area contributed by atoms with Crippen molar-refractivity contribution in [3.63, 3.8) is 0 Å². The SMILES string of the molecule is C=CCn1cnnc1S[C@@H](C(=O)NC1CC1)c1ccccc1. The molecular formula is C16H18N4OS. The summed E-state index contributed by atoms with van der Waals surface area (Å²) in [6.07, 6.45) is 5.59. The molecule has 1 fully saturated rings. The molecule has 2 aromatic rings. The summed E-state index contributed by atoms with van der Waals surface area (Å²) in [4.78, 5) is 12.6. The smallest absolute Gasteiger partial charge is 0.238 e. The van der Waals surface area contributed by atoms with Crippen LogP contribution in [-0.4, -0.2) is 26.7 Å². The fourth-order valence-electron chi connectivity index (χ4n) is 2.11. The molecule has 1 aliphatic rings. The average Bonchev–Trinajstić information content (AvgIpc) is 3.24. The van der Waals surface area contributed by atoms with E-state index in [1.54, 1.807) is 12.4 Å². The van der Waals surface area contributed by atoms with Crippen molar-refractivity contribution in [3.8, 4) is 0 Å². The molecule has 1 heterocycles. The lowest BCUT2D eigenvalue weighted by molar-refractivity contribution is -0.120. The highest BCUT2D eigenvalue weighted by Gasteiger charge is 2.30. The molecule has 1 saturated carbocycles. The number of nitrogens with zero attached hydrogens (tertiary/aromatic N) is 3. The largest absolute Gasteiger partial charge is 0.352 e. The van der Waals surface area contributed by atoms with Crippen LogP contribution in [-0.2, 0) is 11.3 Å². The first kappa shape index (κ1) is 14.8. The minimum Gasteiger partial charge on any atom is -0.352 e. The molecule has 0 saturated heterocycles. The number of rotatable bonds is 7. The van der Waals surface area contributed by atoms with E-state index in [1.807, 2.05) is 34.9 Å². The van der Waals surface area contributed by atoms with Crippen LogP contribution in [0.1, 0.15) is 23.7 Å². The Morgan fingerprint density at radius 3 is 2.91 bits per heavy atom. The third-order valence-electron chi connectivity index (χ3n) is 3.39. The maximum atomic E-state index is 12.6. The molecule has 1 atom stereocenters. The van der Waals surface area contributed by atoms with Crippen LogP contribution >= 0.6 is 11.8 Å². The van der Waals surface area contributed by atoms with Gasteiger partial charge in [-0.1, -0.05) is 48.2 Å². The fraction of sp³-hybridized carbons (Fsp3) is 0.312. The van der Waals surface area contributed by atoms with Crippen molar-refractivity contribution in [2.45, 2.75) is 35.8 Å². The Balaban J connectivity index is 1.82. The Kier molecular flexibility index (Phi) is 4.58. The van der Waals surface area contributed by atoms with Crippen LogP contribution in [0.15, 0.2) is 54.5 Å². The van der Waals surface area contributed by atoms with Gasteiger partial charge in [0.05, 0.1) is 0 Å². The summed E-state index contributed by atoms with van der Waals surface area (Å²) in [5.74, 6) is 0.0341. The number of carbonyl (C=O) groups excluding carboxylic acids is 1. The Bertz CT molecular complexity index is 651. The summed E-state index contributed by atoms with van der Waals surface area (Å²) >= 11 is 1.42. The number of nitrogens with one attached hydrogen (secondary N) is 1. The molecule has 22 heavy (non-hydrogen) atoms. The van der Waals surface area contributed by atoms with E-state index in [4.69, 9.17) is 0 Å². The Hall–Kier alpha value is -2.08. The number of amides is 1. The molecule has 6 heteroatoms. The van der Waals surface area contributed by atoms with Gasteiger partial charge in [-0.2, -0.15) is 0 Å². The van der Waals surface area contributed by atoms with Crippen molar-refractivity contribution in [2.75, 3.05) is 0 Å². The molecule has 114 valence electrons. The molecule has 1 aromatic heterocycles. The molecule has 5 nitrogen and oxygen atoms in total. The lowest BCUT2D eigenvalue weighted by Crippen LogP contribution is -2.29. The van der Waals surface area contributed by atoms with E-state index in [0.29, 0.717) is 12.6 Å². The molecule has 0 aliphatic heterocycles. The second kappa shape index (κ2) is 6.79. The minimum atomic E-state index is -0.324. The van der Waals surface area contributed by atoms with Gasteiger partial charge in [0.1, 0.15) is 11.6 Å². The molecule has 1 aliphatic carbocycles. The van der Waals surface area contributed by atoms with Crippen LogP contribution in [0.3, 0.4) is 0 Å². The van der Waals surface area contributed by atoms with Gasteiger partial charge in [-0.25, -0.2) is 0 Å². The molecular weight excluding hydrogens is 296 g/mol. The maximum absolute atomic E-state index is 12.6. The van der Waals surface area contributed by atoms with E-state index < -0.39 is 0 Å². The monoisotopic (exact) mass is 314 g/mol. The lowest BCUT2D eigenvalue weighted by atomic mass is 10.1. The Morgan fingerprint density at radius 1 is 1.45 bits per heavy atom. The number of benzene rings is 1. The van der Waals surface area contributed by atoms with Crippen LogP contribution in [0.4, 0.5) is 0 Å².